The monoisotopic (exact) mass is 473 g/mol. The molecule has 0 saturated heterocycles. The van der Waals surface area contributed by atoms with Crippen LogP contribution in [-0.4, -0.2) is 30.8 Å². The molecule has 0 saturated carbocycles. The van der Waals surface area contributed by atoms with Crippen LogP contribution in [0.1, 0.15) is 37.1 Å². The molecule has 1 unspecified atom stereocenters. The third kappa shape index (κ3) is 4.87. The molecule has 3 aromatic rings. The predicted molar refractivity (Wildman–Crippen MR) is 122 cm³/mol. The number of halogens is 1. The number of esters is 1. The van der Waals surface area contributed by atoms with Gasteiger partial charge in [0.25, 0.3) is 0 Å². The van der Waals surface area contributed by atoms with Crippen molar-refractivity contribution in [2.75, 3.05) is 6.61 Å². The number of hydrogen-bond donors (Lipinski definition) is 1. The molecule has 1 aliphatic rings. The smallest absolute Gasteiger partial charge is 0.327 e. The Labute approximate surface area is 192 Å². The van der Waals surface area contributed by atoms with Crippen molar-refractivity contribution >= 4 is 27.6 Å². The molecule has 0 amide bonds. The first-order chi connectivity index (χ1) is 15.4. The van der Waals surface area contributed by atoms with E-state index in [4.69, 9.17) is 16.3 Å². The van der Waals surface area contributed by atoms with E-state index in [0.717, 1.165) is 35.2 Å². The molecule has 168 valence electrons. The van der Waals surface area contributed by atoms with E-state index in [1.54, 1.807) is 54.2 Å². The molecule has 7 nitrogen and oxygen atoms in total. The van der Waals surface area contributed by atoms with Crippen molar-refractivity contribution in [1.29, 1.82) is 0 Å². The quantitative estimate of drug-likeness (QED) is 0.521. The van der Waals surface area contributed by atoms with Crippen LogP contribution >= 0.6 is 11.6 Å². The molecule has 4 rings (SSSR count). The molecule has 2 aromatic carbocycles. The highest BCUT2D eigenvalue weighted by molar-refractivity contribution is 7.89. The van der Waals surface area contributed by atoms with Crippen molar-refractivity contribution in [2.24, 2.45) is 0 Å². The standard InChI is InChI=1S/C23H24ClN3O4S/c1-2-31-23(28)15-27-22-5-3-4-21(20(22)14-25-27)26-32(29,30)19-12-8-17(9-13-19)16-6-10-18(24)11-7-16/h6-14,21,26H,2-5,15H2,1H3. The zero-order valence-electron chi connectivity index (χ0n) is 17.6. The van der Waals surface area contributed by atoms with E-state index in [2.05, 4.69) is 9.82 Å². The summed E-state index contributed by atoms with van der Waals surface area (Å²) in [5.74, 6) is -0.359. The summed E-state index contributed by atoms with van der Waals surface area (Å²) in [4.78, 5) is 12.0. The lowest BCUT2D eigenvalue weighted by molar-refractivity contribution is -0.144. The minimum atomic E-state index is -3.73. The molecule has 1 N–H and O–H groups in total. The minimum Gasteiger partial charge on any atom is -0.465 e. The zero-order chi connectivity index (χ0) is 22.7. The molecule has 9 heteroatoms. The van der Waals surface area contributed by atoms with Gasteiger partial charge in [-0.25, -0.2) is 13.1 Å². The van der Waals surface area contributed by atoms with Gasteiger partial charge in [-0.1, -0.05) is 35.9 Å². The fraction of sp³-hybridized carbons (Fsp3) is 0.304. The van der Waals surface area contributed by atoms with Gasteiger partial charge in [0.2, 0.25) is 10.0 Å². The molecular formula is C23H24ClN3O4S. The number of ether oxygens (including phenoxy) is 1. The van der Waals surface area contributed by atoms with Crippen LogP contribution in [0.25, 0.3) is 11.1 Å². The van der Waals surface area contributed by atoms with Gasteiger partial charge in [0.15, 0.2) is 0 Å². The van der Waals surface area contributed by atoms with E-state index in [0.29, 0.717) is 18.1 Å². The lowest BCUT2D eigenvalue weighted by Gasteiger charge is -2.24. The Bertz CT molecular complexity index is 1210. The van der Waals surface area contributed by atoms with Gasteiger partial charge in [-0.2, -0.15) is 5.10 Å². The topological polar surface area (TPSA) is 90.3 Å². The normalized spacial score (nSPS) is 15.9. The maximum atomic E-state index is 13.0. The van der Waals surface area contributed by atoms with Crippen molar-refractivity contribution in [3.63, 3.8) is 0 Å². The molecule has 0 bridgehead atoms. The number of carbonyl (C=O) groups excluding carboxylic acids is 1. The number of rotatable bonds is 7. The van der Waals surface area contributed by atoms with Gasteiger partial charge in [0.1, 0.15) is 6.54 Å². The number of nitrogens with zero attached hydrogens (tertiary/aromatic N) is 2. The molecule has 1 atom stereocenters. The van der Waals surface area contributed by atoms with Gasteiger partial charge < -0.3 is 4.74 Å². The summed E-state index contributed by atoms with van der Waals surface area (Å²) in [5.41, 5.74) is 3.54. The fourth-order valence-electron chi connectivity index (χ4n) is 3.93. The maximum Gasteiger partial charge on any atom is 0.327 e. The van der Waals surface area contributed by atoms with Gasteiger partial charge in [0.05, 0.1) is 23.7 Å². The largest absolute Gasteiger partial charge is 0.465 e. The lowest BCUT2D eigenvalue weighted by atomic mass is 9.94. The first-order valence-electron chi connectivity index (χ1n) is 10.5. The van der Waals surface area contributed by atoms with E-state index in [-0.39, 0.29) is 17.4 Å². The number of hydrogen-bond acceptors (Lipinski definition) is 5. The van der Waals surface area contributed by atoms with E-state index in [1.165, 1.54) is 0 Å². The third-order valence-corrected chi connectivity index (χ3v) is 7.23. The maximum absolute atomic E-state index is 13.0. The molecule has 1 heterocycles. The highest BCUT2D eigenvalue weighted by Gasteiger charge is 2.29. The van der Waals surface area contributed by atoms with Crippen molar-refractivity contribution in [1.82, 2.24) is 14.5 Å². The summed E-state index contributed by atoms with van der Waals surface area (Å²) in [6, 6.07) is 13.7. The third-order valence-electron chi connectivity index (χ3n) is 5.49. The Morgan fingerprint density at radius 3 is 2.47 bits per heavy atom. The number of benzene rings is 2. The van der Waals surface area contributed by atoms with Crippen LogP contribution in [0.4, 0.5) is 0 Å². The molecule has 0 aliphatic heterocycles. The average molecular weight is 474 g/mol. The van der Waals surface area contributed by atoms with Crippen LogP contribution in [0.15, 0.2) is 59.6 Å². The Balaban J connectivity index is 1.51. The van der Waals surface area contributed by atoms with E-state index in [1.807, 2.05) is 12.1 Å². The number of fused-ring (bicyclic) bond motifs is 1. The first-order valence-corrected chi connectivity index (χ1v) is 12.3. The van der Waals surface area contributed by atoms with Gasteiger partial charge >= 0.3 is 5.97 Å². The summed E-state index contributed by atoms with van der Waals surface area (Å²) in [6.07, 6.45) is 3.84. The highest BCUT2D eigenvalue weighted by atomic mass is 35.5. The van der Waals surface area contributed by atoms with Crippen molar-refractivity contribution in [2.45, 2.75) is 43.7 Å². The first kappa shape index (κ1) is 22.5. The Hall–Kier alpha value is -2.68. The molecule has 1 aliphatic carbocycles. The second-order valence-electron chi connectivity index (χ2n) is 7.61. The van der Waals surface area contributed by atoms with Gasteiger partial charge in [-0.3, -0.25) is 9.48 Å². The van der Waals surface area contributed by atoms with Crippen LogP contribution in [0, 0.1) is 0 Å². The summed E-state index contributed by atoms with van der Waals surface area (Å²) in [5, 5.41) is 4.94. The average Bonchev–Trinajstić information content (AvgIpc) is 3.18. The Morgan fingerprint density at radius 1 is 1.16 bits per heavy atom. The second-order valence-corrected chi connectivity index (χ2v) is 9.76. The molecule has 1 aromatic heterocycles. The Morgan fingerprint density at radius 2 is 1.81 bits per heavy atom. The summed E-state index contributed by atoms with van der Waals surface area (Å²) in [6.45, 7) is 2.08. The Kier molecular flexibility index (Phi) is 6.64. The highest BCUT2D eigenvalue weighted by Crippen LogP contribution is 2.31. The fourth-order valence-corrected chi connectivity index (χ4v) is 5.31. The van der Waals surface area contributed by atoms with Crippen molar-refractivity contribution < 1.29 is 17.9 Å². The minimum absolute atomic E-state index is 0.0226. The number of aromatic nitrogens is 2. The van der Waals surface area contributed by atoms with Crippen LogP contribution in [0.5, 0.6) is 0 Å². The van der Waals surface area contributed by atoms with Gasteiger partial charge in [0, 0.05) is 16.3 Å². The lowest BCUT2D eigenvalue weighted by Crippen LogP contribution is -2.31. The number of nitrogens with one attached hydrogen (secondary N) is 1. The number of carbonyl (C=O) groups is 1. The summed E-state index contributed by atoms with van der Waals surface area (Å²) >= 11 is 5.94. The van der Waals surface area contributed by atoms with Crippen molar-refractivity contribution in [3.05, 3.63) is 71.0 Å². The molecular weight excluding hydrogens is 450 g/mol. The zero-order valence-corrected chi connectivity index (χ0v) is 19.2. The molecule has 0 spiro atoms. The summed E-state index contributed by atoms with van der Waals surface area (Å²) in [7, 11) is -3.73. The van der Waals surface area contributed by atoms with Crippen molar-refractivity contribution in [3.8, 4) is 11.1 Å². The van der Waals surface area contributed by atoms with Crippen LogP contribution in [0.3, 0.4) is 0 Å². The molecule has 0 radical (unpaired) electrons. The van der Waals surface area contributed by atoms with Crippen LogP contribution < -0.4 is 4.72 Å². The van der Waals surface area contributed by atoms with E-state index >= 15 is 0 Å². The van der Waals surface area contributed by atoms with Gasteiger partial charge in [-0.05, 0) is 61.6 Å². The summed E-state index contributed by atoms with van der Waals surface area (Å²) < 4.78 is 35.5. The predicted octanol–water partition coefficient (Wildman–Crippen LogP) is 4.12. The second kappa shape index (κ2) is 9.44. The van der Waals surface area contributed by atoms with E-state index in [9.17, 15) is 13.2 Å². The van der Waals surface area contributed by atoms with Gasteiger partial charge in [-0.15, -0.1) is 0 Å². The molecule has 32 heavy (non-hydrogen) atoms. The number of sulfonamides is 1. The van der Waals surface area contributed by atoms with E-state index < -0.39 is 16.1 Å². The SMILES string of the molecule is CCOC(=O)Cn1ncc2c1CCCC2NS(=O)(=O)c1ccc(-c2ccc(Cl)cc2)cc1. The van der Waals surface area contributed by atoms with Crippen LogP contribution in [-0.2, 0) is 32.5 Å². The van der Waals surface area contributed by atoms with Crippen LogP contribution in [0.2, 0.25) is 5.02 Å². The molecule has 0 fully saturated rings.